The van der Waals surface area contributed by atoms with Gasteiger partial charge in [0, 0.05) is 24.3 Å². The molecule has 3 N–H and O–H groups in total. The minimum Gasteiger partial charge on any atom is -0.384 e. The molecular weight excluding hydrogens is 253 g/mol. The highest BCUT2D eigenvalue weighted by atomic mass is 19.1. The Hall–Kier alpha value is -1.58. The van der Waals surface area contributed by atoms with Gasteiger partial charge in [0.05, 0.1) is 0 Å². The van der Waals surface area contributed by atoms with E-state index in [1.807, 2.05) is 0 Å². The average Bonchev–Trinajstić information content (AvgIpc) is 2.88. The van der Waals surface area contributed by atoms with E-state index >= 15 is 0 Å². The molecule has 1 saturated carbocycles. The second kappa shape index (κ2) is 5.08. The molecule has 3 rings (SSSR count). The first-order valence-electron chi connectivity index (χ1n) is 7.49. The van der Waals surface area contributed by atoms with Crippen molar-refractivity contribution in [1.29, 1.82) is 5.41 Å². The number of halogens is 1. The Morgan fingerprint density at radius 2 is 1.80 bits per heavy atom. The lowest BCUT2D eigenvalue weighted by molar-refractivity contribution is 0.226. The highest BCUT2D eigenvalue weighted by Crippen LogP contribution is 2.46. The minimum atomic E-state index is -0.330. The zero-order chi connectivity index (χ0) is 14.2. The molecule has 0 amide bonds. The fourth-order valence-corrected chi connectivity index (χ4v) is 3.85. The zero-order valence-electron chi connectivity index (χ0n) is 11.8. The third-order valence-electron chi connectivity index (χ3n) is 5.08. The first kappa shape index (κ1) is 13.4. The Morgan fingerprint density at radius 1 is 1.15 bits per heavy atom. The molecule has 0 aromatic heterocycles. The van der Waals surface area contributed by atoms with Gasteiger partial charge >= 0.3 is 0 Å². The van der Waals surface area contributed by atoms with Crippen molar-refractivity contribution in [2.45, 2.75) is 38.5 Å². The molecule has 108 valence electrons. The number of nitrogen functional groups attached to an aromatic ring is 1. The molecule has 1 aliphatic carbocycles. The smallest absolute Gasteiger partial charge is 0.125 e. The van der Waals surface area contributed by atoms with E-state index in [9.17, 15) is 4.39 Å². The Labute approximate surface area is 119 Å². The van der Waals surface area contributed by atoms with Crippen LogP contribution in [0.15, 0.2) is 18.2 Å². The third kappa shape index (κ3) is 2.39. The zero-order valence-corrected chi connectivity index (χ0v) is 11.8. The second-order valence-electron chi connectivity index (χ2n) is 6.27. The molecule has 2 aliphatic rings. The van der Waals surface area contributed by atoms with Gasteiger partial charge in [-0.15, -0.1) is 0 Å². The van der Waals surface area contributed by atoms with Crippen molar-refractivity contribution >= 4 is 11.5 Å². The number of hydrogen-bond acceptors (Lipinski definition) is 2. The van der Waals surface area contributed by atoms with Crippen LogP contribution in [0.25, 0.3) is 0 Å². The van der Waals surface area contributed by atoms with Crippen molar-refractivity contribution < 1.29 is 4.39 Å². The number of piperidine rings is 1. The molecular formula is C16H22FN3. The lowest BCUT2D eigenvalue weighted by atomic mass is 9.77. The Morgan fingerprint density at radius 3 is 2.40 bits per heavy atom. The molecule has 1 aromatic rings. The van der Waals surface area contributed by atoms with Crippen LogP contribution in [-0.4, -0.2) is 18.9 Å². The maximum absolute atomic E-state index is 13.3. The Balaban J connectivity index is 1.79. The summed E-state index contributed by atoms with van der Waals surface area (Å²) in [4.78, 5) is 2.26. The van der Waals surface area contributed by atoms with Gasteiger partial charge in [-0.05, 0) is 49.3 Å². The molecule has 4 heteroatoms. The highest BCUT2D eigenvalue weighted by molar-refractivity contribution is 6.00. The number of rotatable bonds is 2. The lowest BCUT2D eigenvalue weighted by Gasteiger charge is -2.41. The molecule has 2 fully saturated rings. The Kier molecular flexibility index (Phi) is 3.40. The summed E-state index contributed by atoms with van der Waals surface area (Å²) >= 11 is 0. The van der Waals surface area contributed by atoms with Crippen molar-refractivity contribution in [2.24, 2.45) is 11.1 Å². The molecule has 1 saturated heterocycles. The van der Waals surface area contributed by atoms with E-state index in [4.69, 9.17) is 11.1 Å². The van der Waals surface area contributed by atoms with E-state index in [1.165, 1.54) is 50.7 Å². The molecule has 1 heterocycles. The van der Waals surface area contributed by atoms with E-state index in [0.717, 1.165) is 18.8 Å². The maximum Gasteiger partial charge on any atom is 0.125 e. The monoisotopic (exact) mass is 275 g/mol. The summed E-state index contributed by atoms with van der Waals surface area (Å²) in [7, 11) is 0. The van der Waals surface area contributed by atoms with Crippen LogP contribution in [0.5, 0.6) is 0 Å². The van der Waals surface area contributed by atoms with Crippen molar-refractivity contribution in [1.82, 2.24) is 0 Å². The van der Waals surface area contributed by atoms with Crippen molar-refractivity contribution in [3.8, 4) is 0 Å². The summed E-state index contributed by atoms with van der Waals surface area (Å²) in [5, 5.41) is 7.64. The van der Waals surface area contributed by atoms with E-state index in [2.05, 4.69) is 4.90 Å². The molecule has 0 unspecified atom stereocenters. The summed E-state index contributed by atoms with van der Waals surface area (Å²) in [6, 6.07) is 4.60. The van der Waals surface area contributed by atoms with Crippen LogP contribution in [0.2, 0.25) is 0 Å². The second-order valence-corrected chi connectivity index (χ2v) is 6.27. The van der Waals surface area contributed by atoms with E-state index < -0.39 is 0 Å². The number of anilines is 1. The quantitative estimate of drug-likeness (QED) is 0.643. The van der Waals surface area contributed by atoms with Gasteiger partial charge in [0.15, 0.2) is 0 Å². The standard InChI is InChI=1S/C16H22FN3/c17-12-3-4-14(13(11-12)15(18)19)20-9-7-16(8-10-20)5-1-2-6-16/h3-4,11H,1-2,5-10H2,(H3,18,19). The summed E-state index contributed by atoms with van der Waals surface area (Å²) in [5.41, 5.74) is 7.59. The van der Waals surface area contributed by atoms with Crippen molar-refractivity contribution in [2.75, 3.05) is 18.0 Å². The number of nitrogens with two attached hydrogens (primary N) is 1. The molecule has 1 spiro atoms. The lowest BCUT2D eigenvalue weighted by Crippen LogP contribution is -2.39. The van der Waals surface area contributed by atoms with Gasteiger partial charge < -0.3 is 10.6 Å². The van der Waals surface area contributed by atoms with Gasteiger partial charge in [-0.2, -0.15) is 0 Å². The minimum absolute atomic E-state index is 0.0550. The highest BCUT2D eigenvalue weighted by Gasteiger charge is 2.37. The molecule has 0 bridgehead atoms. The summed E-state index contributed by atoms with van der Waals surface area (Å²) < 4.78 is 13.3. The van der Waals surface area contributed by atoms with E-state index in [-0.39, 0.29) is 11.7 Å². The fourth-order valence-electron chi connectivity index (χ4n) is 3.85. The molecule has 0 atom stereocenters. The van der Waals surface area contributed by atoms with Crippen LogP contribution in [-0.2, 0) is 0 Å². The molecule has 1 aliphatic heterocycles. The van der Waals surface area contributed by atoms with Crippen LogP contribution in [0.3, 0.4) is 0 Å². The van der Waals surface area contributed by atoms with Crippen LogP contribution in [0, 0.1) is 16.6 Å². The van der Waals surface area contributed by atoms with Crippen LogP contribution in [0.4, 0.5) is 10.1 Å². The average molecular weight is 275 g/mol. The van der Waals surface area contributed by atoms with Crippen LogP contribution in [0.1, 0.15) is 44.1 Å². The Bertz CT molecular complexity index is 510. The van der Waals surface area contributed by atoms with Gasteiger partial charge in [0.1, 0.15) is 11.7 Å². The van der Waals surface area contributed by atoms with Gasteiger partial charge in [0.25, 0.3) is 0 Å². The molecule has 3 nitrogen and oxygen atoms in total. The molecule has 20 heavy (non-hydrogen) atoms. The predicted molar refractivity (Wildman–Crippen MR) is 79.8 cm³/mol. The van der Waals surface area contributed by atoms with Crippen molar-refractivity contribution in [3.63, 3.8) is 0 Å². The summed E-state index contributed by atoms with van der Waals surface area (Å²) in [6.45, 7) is 1.98. The van der Waals surface area contributed by atoms with Gasteiger partial charge in [-0.1, -0.05) is 12.8 Å². The van der Waals surface area contributed by atoms with Crippen LogP contribution < -0.4 is 10.6 Å². The maximum atomic E-state index is 13.3. The number of hydrogen-bond donors (Lipinski definition) is 2. The number of nitrogens with zero attached hydrogens (tertiary/aromatic N) is 1. The first-order chi connectivity index (χ1) is 9.60. The van der Waals surface area contributed by atoms with E-state index in [1.54, 1.807) is 6.07 Å². The van der Waals surface area contributed by atoms with Gasteiger partial charge in [0.2, 0.25) is 0 Å². The predicted octanol–water partition coefficient (Wildman–Crippen LogP) is 3.27. The summed E-state index contributed by atoms with van der Waals surface area (Å²) in [5.74, 6) is -0.385. The number of nitrogens with one attached hydrogen (secondary N) is 1. The normalized spacial score (nSPS) is 21.4. The number of benzene rings is 1. The third-order valence-corrected chi connectivity index (χ3v) is 5.08. The van der Waals surface area contributed by atoms with E-state index in [0.29, 0.717) is 11.0 Å². The SMILES string of the molecule is N=C(N)c1cc(F)ccc1N1CCC2(CCCC2)CC1. The van der Waals surface area contributed by atoms with Gasteiger partial charge in [-0.25, -0.2) is 4.39 Å². The molecule has 0 radical (unpaired) electrons. The molecule has 1 aromatic carbocycles. The van der Waals surface area contributed by atoms with Crippen molar-refractivity contribution in [3.05, 3.63) is 29.6 Å². The van der Waals surface area contributed by atoms with Gasteiger partial charge in [-0.3, -0.25) is 5.41 Å². The van der Waals surface area contributed by atoms with Crippen LogP contribution >= 0.6 is 0 Å². The summed E-state index contributed by atoms with van der Waals surface area (Å²) in [6.07, 6.45) is 7.89. The first-order valence-corrected chi connectivity index (χ1v) is 7.49. The fraction of sp³-hybridized carbons (Fsp3) is 0.562. The topological polar surface area (TPSA) is 53.1 Å². The largest absolute Gasteiger partial charge is 0.384 e. The number of amidine groups is 1.